The van der Waals surface area contributed by atoms with Gasteiger partial charge < -0.3 is 10.6 Å². The van der Waals surface area contributed by atoms with Crippen molar-refractivity contribution in [2.24, 2.45) is 5.73 Å². The molecule has 0 aromatic heterocycles. The fourth-order valence-electron chi connectivity index (χ4n) is 2.20. The van der Waals surface area contributed by atoms with Gasteiger partial charge in [-0.25, -0.2) is 0 Å². The molecule has 1 aromatic carbocycles. The van der Waals surface area contributed by atoms with Gasteiger partial charge in [-0.1, -0.05) is 12.1 Å². The third-order valence-corrected chi connectivity index (χ3v) is 3.44. The Labute approximate surface area is 121 Å². The summed E-state index contributed by atoms with van der Waals surface area (Å²) in [5.41, 5.74) is 5.67. The first kappa shape index (κ1) is 15.8. The first-order valence-corrected chi connectivity index (χ1v) is 6.98. The molecule has 3 nitrogen and oxygen atoms in total. The number of alkyl halides is 3. The molecule has 1 fully saturated rings. The Morgan fingerprint density at radius 1 is 1.33 bits per heavy atom. The molecule has 1 unspecified atom stereocenters. The molecule has 2 N–H and O–H groups in total. The second kappa shape index (κ2) is 6.05. The Morgan fingerprint density at radius 2 is 1.90 bits per heavy atom. The molecule has 116 valence electrons. The van der Waals surface area contributed by atoms with Crippen LogP contribution in [-0.2, 0) is 17.5 Å². The molecule has 0 aliphatic heterocycles. The molecule has 21 heavy (non-hydrogen) atoms. The quantitative estimate of drug-likeness (QED) is 0.909. The van der Waals surface area contributed by atoms with Gasteiger partial charge in [0, 0.05) is 25.0 Å². The molecule has 2 rings (SSSR count). The van der Waals surface area contributed by atoms with Crippen LogP contribution >= 0.6 is 0 Å². The smallest absolute Gasteiger partial charge is 0.335 e. The van der Waals surface area contributed by atoms with Gasteiger partial charge in [0.25, 0.3) is 0 Å². The van der Waals surface area contributed by atoms with E-state index in [4.69, 9.17) is 5.73 Å². The highest BCUT2D eigenvalue weighted by atomic mass is 19.4. The van der Waals surface area contributed by atoms with Crippen LogP contribution in [0, 0.1) is 0 Å². The maximum atomic E-state index is 12.5. The zero-order valence-electron chi connectivity index (χ0n) is 11.9. The van der Waals surface area contributed by atoms with Crippen LogP contribution in [0.1, 0.15) is 37.3 Å². The minimum absolute atomic E-state index is 0.0348. The van der Waals surface area contributed by atoms with Crippen molar-refractivity contribution in [1.82, 2.24) is 4.90 Å². The molecule has 1 atom stereocenters. The summed E-state index contributed by atoms with van der Waals surface area (Å²) in [6.45, 7) is 2.11. The summed E-state index contributed by atoms with van der Waals surface area (Å²) in [6, 6.07) is 4.95. The number of amides is 1. The summed E-state index contributed by atoms with van der Waals surface area (Å²) >= 11 is 0. The van der Waals surface area contributed by atoms with Crippen LogP contribution in [0.15, 0.2) is 24.3 Å². The highest BCUT2D eigenvalue weighted by Crippen LogP contribution is 2.31. The molecule has 0 radical (unpaired) electrons. The molecular formula is C15H19F3N2O. The summed E-state index contributed by atoms with van der Waals surface area (Å²) < 4.78 is 37.5. The molecule has 1 saturated carbocycles. The number of halogens is 3. The second-order valence-electron chi connectivity index (χ2n) is 5.63. The third-order valence-electron chi connectivity index (χ3n) is 3.44. The van der Waals surface area contributed by atoms with Gasteiger partial charge in [-0.15, -0.1) is 0 Å². The molecule has 6 heteroatoms. The zero-order valence-corrected chi connectivity index (χ0v) is 11.9. The summed E-state index contributed by atoms with van der Waals surface area (Å²) in [5, 5.41) is 0. The van der Waals surface area contributed by atoms with Crippen molar-refractivity contribution in [1.29, 1.82) is 0 Å². The lowest BCUT2D eigenvalue weighted by atomic mass is 10.1. The average Bonchev–Trinajstić information content (AvgIpc) is 3.18. The molecule has 0 saturated heterocycles. The highest BCUT2D eigenvalue weighted by molar-refractivity contribution is 5.77. The summed E-state index contributed by atoms with van der Waals surface area (Å²) in [6.07, 6.45) is -2.17. The van der Waals surface area contributed by atoms with E-state index >= 15 is 0 Å². The number of benzene rings is 1. The van der Waals surface area contributed by atoms with Gasteiger partial charge >= 0.3 is 6.18 Å². The van der Waals surface area contributed by atoms with Crippen LogP contribution in [0.4, 0.5) is 13.2 Å². The van der Waals surface area contributed by atoms with Crippen molar-refractivity contribution in [3.05, 3.63) is 35.4 Å². The van der Waals surface area contributed by atoms with E-state index in [0.29, 0.717) is 12.1 Å². The molecule has 0 heterocycles. The highest BCUT2D eigenvalue weighted by Gasteiger charge is 2.33. The van der Waals surface area contributed by atoms with Gasteiger partial charge in [0.2, 0.25) is 5.91 Å². The van der Waals surface area contributed by atoms with Crippen LogP contribution in [0.25, 0.3) is 0 Å². The predicted molar refractivity (Wildman–Crippen MR) is 73.3 cm³/mol. The Balaban J connectivity index is 2.05. The Kier molecular flexibility index (Phi) is 4.56. The summed E-state index contributed by atoms with van der Waals surface area (Å²) in [7, 11) is 0. The van der Waals surface area contributed by atoms with Gasteiger partial charge in [-0.3, -0.25) is 4.79 Å². The van der Waals surface area contributed by atoms with Gasteiger partial charge in [0.15, 0.2) is 0 Å². The van der Waals surface area contributed by atoms with Gasteiger partial charge in [0.05, 0.1) is 5.56 Å². The van der Waals surface area contributed by atoms with E-state index in [1.807, 2.05) is 0 Å². The first-order chi connectivity index (χ1) is 9.77. The van der Waals surface area contributed by atoms with Crippen LogP contribution in [-0.4, -0.2) is 22.9 Å². The lowest BCUT2D eigenvalue weighted by Crippen LogP contribution is -2.36. The van der Waals surface area contributed by atoms with Crippen LogP contribution < -0.4 is 5.73 Å². The van der Waals surface area contributed by atoms with Gasteiger partial charge in [0.1, 0.15) is 0 Å². The van der Waals surface area contributed by atoms with E-state index in [0.717, 1.165) is 25.0 Å². The van der Waals surface area contributed by atoms with Crippen molar-refractivity contribution in [3.8, 4) is 0 Å². The molecule has 1 aliphatic carbocycles. The van der Waals surface area contributed by atoms with Gasteiger partial charge in [-0.2, -0.15) is 13.2 Å². The lowest BCUT2D eigenvalue weighted by molar-refractivity contribution is -0.137. The van der Waals surface area contributed by atoms with Crippen molar-refractivity contribution in [2.75, 3.05) is 0 Å². The van der Waals surface area contributed by atoms with Crippen molar-refractivity contribution < 1.29 is 18.0 Å². The monoisotopic (exact) mass is 300 g/mol. The molecule has 0 spiro atoms. The van der Waals surface area contributed by atoms with E-state index in [1.54, 1.807) is 11.8 Å². The van der Waals surface area contributed by atoms with Crippen molar-refractivity contribution in [3.63, 3.8) is 0 Å². The fourth-order valence-corrected chi connectivity index (χ4v) is 2.20. The third kappa shape index (κ3) is 4.46. The Morgan fingerprint density at radius 3 is 2.33 bits per heavy atom. The van der Waals surface area contributed by atoms with E-state index in [2.05, 4.69) is 0 Å². The SMILES string of the molecule is CC(N)CC(=O)N(Cc1ccc(C(F)(F)F)cc1)C1CC1. The van der Waals surface area contributed by atoms with Crippen LogP contribution in [0.3, 0.4) is 0 Å². The number of hydrogen-bond donors (Lipinski definition) is 1. The lowest BCUT2D eigenvalue weighted by Gasteiger charge is -2.23. The molecule has 1 amide bonds. The summed E-state index contributed by atoms with van der Waals surface area (Å²) in [4.78, 5) is 13.9. The fraction of sp³-hybridized carbons (Fsp3) is 0.533. The molecular weight excluding hydrogens is 281 g/mol. The van der Waals surface area contributed by atoms with E-state index in [1.165, 1.54) is 12.1 Å². The number of hydrogen-bond acceptors (Lipinski definition) is 2. The minimum Gasteiger partial charge on any atom is -0.335 e. The predicted octanol–water partition coefficient (Wildman–Crippen LogP) is 2.93. The topological polar surface area (TPSA) is 46.3 Å². The standard InChI is InChI=1S/C15H19F3N2O/c1-10(19)8-14(21)20(13-6-7-13)9-11-2-4-12(5-3-11)15(16,17)18/h2-5,10,13H,6-9,19H2,1H3. The van der Waals surface area contributed by atoms with Crippen LogP contribution in [0.2, 0.25) is 0 Å². The van der Waals surface area contributed by atoms with E-state index < -0.39 is 11.7 Å². The second-order valence-corrected chi connectivity index (χ2v) is 5.63. The average molecular weight is 300 g/mol. The summed E-state index contributed by atoms with van der Waals surface area (Å²) in [5.74, 6) is -0.0348. The Hall–Kier alpha value is -1.56. The van der Waals surface area contributed by atoms with Crippen molar-refractivity contribution >= 4 is 5.91 Å². The zero-order chi connectivity index (χ0) is 15.6. The number of carbonyl (C=O) groups is 1. The van der Waals surface area contributed by atoms with Gasteiger partial charge in [-0.05, 0) is 37.5 Å². The maximum Gasteiger partial charge on any atom is 0.416 e. The van der Waals surface area contributed by atoms with Crippen LogP contribution in [0.5, 0.6) is 0 Å². The molecule has 0 bridgehead atoms. The number of rotatable bonds is 5. The number of nitrogens with two attached hydrogens (primary N) is 1. The largest absolute Gasteiger partial charge is 0.416 e. The molecule has 1 aromatic rings. The Bertz CT molecular complexity index is 493. The molecule has 1 aliphatic rings. The van der Waals surface area contributed by atoms with E-state index in [9.17, 15) is 18.0 Å². The number of nitrogens with zero attached hydrogens (tertiary/aromatic N) is 1. The normalized spacial score (nSPS) is 16.6. The number of carbonyl (C=O) groups excluding carboxylic acids is 1. The first-order valence-electron chi connectivity index (χ1n) is 6.98. The van der Waals surface area contributed by atoms with E-state index in [-0.39, 0.29) is 24.4 Å². The van der Waals surface area contributed by atoms with Crippen molar-refractivity contribution in [2.45, 2.75) is 51.0 Å². The maximum absolute atomic E-state index is 12.5. The minimum atomic E-state index is -4.33.